The molecule has 0 saturated heterocycles. The van der Waals surface area contributed by atoms with Crippen molar-refractivity contribution in [1.82, 2.24) is 0 Å². The molecule has 0 rings (SSSR count). The van der Waals surface area contributed by atoms with Crippen molar-refractivity contribution >= 4 is 11.9 Å². The number of hydrogen-bond donors (Lipinski definition) is 0. The van der Waals surface area contributed by atoms with Crippen LogP contribution in [-0.2, 0) is 23.8 Å². The Bertz CT molecular complexity index is 1500. The topological polar surface area (TPSA) is 61.8 Å². The zero-order valence-electron chi connectivity index (χ0n) is 40.5. The Balaban J connectivity index is 4.56. The number of hydrogen-bond acceptors (Lipinski definition) is 5. The van der Waals surface area contributed by atoms with Gasteiger partial charge in [-0.15, -0.1) is 0 Å². The van der Waals surface area contributed by atoms with Gasteiger partial charge in [-0.2, -0.15) is 0 Å². The Morgan fingerprint density at radius 1 is 0.359 bits per heavy atom. The number of allylic oxidation sites excluding steroid dienone is 27. The van der Waals surface area contributed by atoms with Gasteiger partial charge in [-0.05, 0) is 116 Å². The molecule has 0 spiro atoms. The molecular formula is C59H88O5. The molecule has 0 N–H and O–H groups in total. The highest BCUT2D eigenvalue weighted by Crippen LogP contribution is 2.08. The van der Waals surface area contributed by atoms with Crippen molar-refractivity contribution < 1.29 is 23.8 Å². The molecule has 0 aliphatic carbocycles. The van der Waals surface area contributed by atoms with Crippen molar-refractivity contribution in [2.24, 2.45) is 0 Å². The van der Waals surface area contributed by atoms with Crippen molar-refractivity contribution in [3.8, 4) is 0 Å². The second-order valence-electron chi connectivity index (χ2n) is 15.2. The fourth-order valence-electron chi connectivity index (χ4n) is 5.74. The van der Waals surface area contributed by atoms with Crippen LogP contribution in [0, 0.1) is 0 Å². The second-order valence-corrected chi connectivity index (χ2v) is 15.2. The van der Waals surface area contributed by atoms with Crippen LogP contribution >= 0.6 is 0 Å². The number of carbonyl (C=O) groups is 2. The molecule has 0 aromatic heterocycles. The molecule has 5 heteroatoms. The third-order valence-electron chi connectivity index (χ3n) is 9.28. The largest absolute Gasteiger partial charge is 0.461 e. The van der Waals surface area contributed by atoms with E-state index >= 15 is 0 Å². The lowest BCUT2D eigenvalue weighted by Gasteiger charge is -2.18. The first kappa shape index (κ1) is 59.3. The summed E-state index contributed by atoms with van der Waals surface area (Å²) in [6.07, 6.45) is 79.7. The molecule has 64 heavy (non-hydrogen) atoms. The van der Waals surface area contributed by atoms with Crippen LogP contribution in [0.5, 0.6) is 0 Å². The first-order valence-electron chi connectivity index (χ1n) is 24.7. The molecule has 1 unspecified atom stereocenters. The van der Waals surface area contributed by atoms with Crippen LogP contribution in [0.25, 0.3) is 0 Å². The quantitative estimate of drug-likeness (QED) is 0.0347. The van der Waals surface area contributed by atoms with Crippen molar-refractivity contribution in [2.75, 3.05) is 19.8 Å². The normalized spacial score (nSPS) is 13.7. The van der Waals surface area contributed by atoms with Gasteiger partial charge in [0.05, 0.1) is 13.0 Å². The molecule has 0 radical (unpaired) electrons. The average Bonchev–Trinajstić information content (AvgIpc) is 3.30. The van der Waals surface area contributed by atoms with Crippen LogP contribution in [0.15, 0.2) is 170 Å². The van der Waals surface area contributed by atoms with Gasteiger partial charge in [-0.3, -0.25) is 9.59 Å². The van der Waals surface area contributed by atoms with Gasteiger partial charge in [0.15, 0.2) is 6.10 Å². The van der Waals surface area contributed by atoms with E-state index < -0.39 is 6.10 Å². The maximum absolute atomic E-state index is 12.7. The third kappa shape index (κ3) is 49.9. The Labute approximate surface area is 392 Å². The Morgan fingerprint density at radius 3 is 1.11 bits per heavy atom. The SMILES string of the molecule is CC/C=C\C/C=C\C/C=C\C/C=C\C/C=C\CCCCCCOCC(COC(=O)C/C=C\C/C=C\C/C=C\C/C=C\C/C=C\CC)OC(=O)CC/C=C\C/C=C\C/C=C\C/C=C\CC. The Morgan fingerprint density at radius 2 is 0.703 bits per heavy atom. The van der Waals surface area contributed by atoms with Crippen molar-refractivity contribution in [3.05, 3.63) is 170 Å². The average molecular weight is 877 g/mol. The summed E-state index contributed by atoms with van der Waals surface area (Å²) in [5.41, 5.74) is 0. The maximum atomic E-state index is 12.7. The van der Waals surface area contributed by atoms with Crippen LogP contribution in [0.1, 0.15) is 162 Å². The van der Waals surface area contributed by atoms with Gasteiger partial charge < -0.3 is 14.2 Å². The van der Waals surface area contributed by atoms with E-state index in [-0.39, 0.29) is 38.0 Å². The fourth-order valence-corrected chi connectivity index (χ4v) is 5.74. The Hall–Kier alpha value is -4.74. The zero-order valence-corrected chi connectivity index (χ0v) is 40.5. The molecule has 0 fully saturated rings. The van der Waals surface area contributed by atoms with Gasteiger partial charge >= 0.3 is 11.9 Å². The molecule has 0 amide bonds. The zero-order chi connectivity index (χ0) is 46.3. The van der Waals surface area contributed by atoms with Gasteiger partial charge in [0.25, 0.3) is 0 Å². The van der Waals surface area contributed by atoms with E-state index in [1.54, 1.807) is 0 Å². The van der Waals surface area contributed by atoms with E-state index in [0.29, 0.717) is 13.0 Å². The van der Waals surface area contributed by atoms with Gasteiger partial charge in [-0.25, -0.2) is 0 Å². The summed E-state index contributed by atoms with van der Waals surface area (Å²) in [4.78, 5) is 25.3. The molecular weight excluding hydrogens is 789 g/mol. The number of unbranched alkanes of at least 4 members (excludes halogenated alkanes) is 4. The summed E-state index contributed by atoms with van der Waals surface area (Å²) in [5, 5.41) is 0. The van der Waals surface area contributed by atoms with E-state index in [1.165, 1.54) is 0 Å². The number of esters is 2. The highest BCUT2D eigenvalue weighted by atomic mass is 16.6. The van der Waals surface area contributed by atoms with Crippen LogP contribution in [-0.4, -0.2) is 37.9 Å². The molecule has 1 atom stereocenters. The van der Waals surface area contributed by atoms with Gasteiger partial charge in [0, 0.05) is 13.0 Å². The van der Waals surface area contributed by atoms with E-state index in [9.17, 15) is 9.59 Å². The van der Waals surface area contributed by atoms with Gasteiger partial charge in [-0.1, -0.05) is 204 Å². The third-order valence-corrected chi connectivity index (χ3v) is 9.28. The summed E-state index contributed by atoms with van der Waals surface area (Å²) in [5.74, 6) is -0.672. The molecule has 5 nitrogen and oxygen atoms in total. The van der Waals surface area contributed by atoms with Gasteiger partial charge in [0.1, 0.15) is 6.61 Å². The predicted octanol–water partition coefficient (Wildman–Crippen LogP) is 16.9. The van der Waals surface area contributed by atoms with Crippen LogP contribution in [0.2, 0.25) is 0 Å². The van der Waals surface area contributed by atoms with Crippen molar-refractivity contribution in [2.45, 2.75) is 168 Å². The smallest absolute Gasteiger partial charge is 0.309 e. The van der Waals surface area contributed by atoms with Gasteiger partial charge in [0.2, 0.25) is 0 Å². The molecule has 0 aliphatic rings. The van der Waals surface area contributed by atoms with Crippen LogP contribution in [0.4, 0.5) is 0 Å². The lowest BCUT2D eigenvalue weighted by atomic mass is 10.1. The standard InChI is InChI=1S/C59H88O5/c1-4-7-10-13-16-19-22-25-27-28-29-30-31-33-36-39-42-45-48-51-54-62-55-57(64-59(61)53-50-47-44-41-38-34-24-21-18-15-12-9-6-3)56-63-58(60)52-49-46-43-40-37-35-32-26-23-20-17-14-11-8-5-2/h7-12,16-21,25-27,29-30,32-34,36-38,40,44,46-47,49,57H,4-6,13-15,22-24,28,31,35,39,41-43,45,48,50-56H2,1-3H3/b10-7-,11-8-,12-9-,19-16-,20-17-,21-18-,27-25-,30-29-,32-26-,36-33-,38-34-,40-37-,47-44-,49-46-. The summed E-state index contributed by atoms with van der Waals surface area (Å²) in [6.45, 7) is 7.19. The molecule has 0 aromatic carbocycles. The molecule has 354 valence electrons. The summed E-state index contributed by atoms with van der Waals surface area (Å²) in [6, 6.07) is 0. The first-order chi connectivity index (χ1) is 31.6. The monoisotopic (exact) mass is 877 g/mol. The Kier molecular flexibility index (Phi) is 48.7. The molecule has 0 saturated carbocycles. The minimum absolute atomic E-state index is 0.0213. The van der Waals surface area contributed by atoms with Crippen LogP contribution < -0.4 is 0 Å². The number of carbonyl (C=O) groups excluding carboxylic acids is 2. The molecule has 0 bridgehead atoms. The van der Waals surface area contributed by atoms with E-state index in [1.807, 2.05) is 18.2 Å². The van der Waals surface area contributed by atoms with Crippen molar-refractivity contribution in [3.63, 3.8) is 0 Å². The highest BCUT2D eigenvalue weighted by Gasteiger charge is 2.17. The lowest BCUT2D eigenvalue weighted by Crippen LogP contribution is -2.30. The van der Waals surface area contributed by atoms with Crippen molar-refractivity contribution in [1.29, 1.82) is 0 Å². The minimum atomic E-state index is -0.641. The molecule has 0 aromatic rings. The fraction of sp³-hybridized carbons (Fsp3) is 0.492. The van der Waals surface area contributed by atoms with E-state index in [0.717, 1.165) is 122 Å². The number of ether oxygens (including phenoxy) is 3. The van der Waals surface area contributed by atoms with E-state index in [2.05, 4.69) is 173 Å². The second kappa shape index (κ2) is 52.6. The molecule has 0 aliphatic heterocycles. The predicted molar refractivity (Wildman–Crippen MR) is 278 cm³/mol. The maximum Gasteiger partial charge on any atom is 0.309 e. The lowest BCUT2D eigenvalue weighted by molar-refractivity contribution is -0.162. The first-order valence-corrected chi connectivity index (χ1v) is 24.7. The minimum Gasteiger partial charge on any atom is -0.461 e. The van der Waals surface area contributed by atoms with E-state index in [4.69, 9.17) is 14.2 Å². The highest BCUT2D eigenvalue weighted by molar-refractivity contribution is 5.71. The number of rotatable bonds is 42. The summed E-state index contributed by atoms with van der Waals surface area (Å²) < 4.78 is 17.2. The van der Waals surface area contributed by atoms with Crippen LogP contribution in [0.3, 0.4) is 0 Å². The summed E-state index contributed by atoms with van der Waals surface area (Å²) >= 11 is 0. The molecule has 0 heterocycles. The summed E-state index contributed by atoms with van der Waals surface area (Å²) in [7, 11) is 0.